The van der Waals surface area contributed by atoms with Gasteiger partial charge in [-0.05, 0) is 30.3 Å². The minimum Gasteiger partial charge on any atom is -0.273 e. The van der Waals surface area contributed by atoms with E-state index >= 15 is 0 Å². The second-order valence-corrected chi connectivity index (χ2v) is 6.99. The lowest BCUT2D eigenvalue weighted by atomic mass is 10.2. The van der Waals surface area contributed by atoms with Gasteiger partial charge in [-0.15, -0.1) is 4.83 Å². The van der Waals surface area contributed by atoms with Gasteiger partial charge in [0.2, 0.25) is 0 Å². The van der Waals surface area contributed by atoms with Crippen LogP contribution in [0.4, 0.5) is 0 Å². The molecule has 0 fully saturated rings. The topological polar surface area (TPSA) is 75.3 Å². The SMILES string of the molecule is O=C(NNS(=O)(=O)c1cccc(Cl)c1Cl)c1cccc(Cl)c1. The Balaban J connectivity index is 2.16. The summed E-state index contributed by atoms with van der Waals surface area (Å²) in [5.41, 5.74) is 2.28. The van der Waals surface area contributed by atoms with Crippen LogP contribution < -0.4 is 10.3 Å². The van der Waals surface area contributed by atoms with Crippen LogP contribution in [0.15, 0.2) is 47.4 Å². The van der Waals surface area contributed by atoms with Crippen LogP contribution in [-0.2, 0) is 10.0 Å². The van der Waals surface area contributed by atoms with E-state index < -0.39 is 15.9 Å². The van der Waals surface area contributed by atoms with Crippen LogP contribution in [0.2, 0.25) is 15.1 Å². The number of hydrazine groups is 1. The summed E-state index contributed by atoms with van der Waals surface area (Å²) in [4.78, 5) is 13.6. The average molecular weight is 380 g/mol. The molecule has 9 heteroatoms. The van der Waals surface area contributed by atoms with E-state index in [1.54, 1.807) is 12.1 Å². The molecule has 0 unspecified atom stereocenters. The maximum atomic E-state index is 12.1. The fourth-order valence-corrected chi connectivity index (χ4v) is 3.35. The van der Waals surface area contributed by atoms with Crippen molar-refractivity contribution >= 4 is 50.7 Å². The number of halogens is 3. The van der Waals surface area contributed by atoms with Gasteiger partial charge < -0.3 is 0 Å². The molecular weight excluding hydrogens is 371 g/mol. The van der Waals surface area contributed by atoms with E-state index in [1.165, 1.54) is 30.3 Å². The molecular formula is C13H9Cl3N2O3S. The van der Waals surface area contributed by atoms with E-state index in [4.69, 9.17) is 34.8 Å². The van der Waals surface area contributed by atoms with E-state index in [1.807, 2.05) is 4.83 Å². The van der Waals surface area contributed by atoms with Gasteiger partial charge in [-0.3, -0.25) is 10.2 Å². The van der Waals surface area contributed by atoms with Gasteiger partial charge >= 0.3 is 0 Å². The summed E-state index contributed by atoms with van der Waals surface area (Å²) in [6.07, 6.45) is 0. The first kappa shape index (κ1) is 17.1. The maximum Gasteiger partial charge on any atom is 0.266 e. The summed E-state index contributed by atoms with van der Waals surface area (Å²) in [5.74, 6) is -0.663. The zero-order chi connectivity index (χ0) is 16.3. The molecule has 0 saturated heterocycles. The highest BCUT2D eigenvalue weighted by molar-refractivity contribution is 7.89. The van der Waals surface area contributed by atoms with Crippen molar-refractivity contribution in [3.05, 3.63) is 63.1 Å². The van der Waals surface area contributed by atoms with Crippen molar-refractivity contribution in [2.75, 3.05) is 0 Å². The summed E-state index contributed by atoms with van der Waals surface area (Å²) in [6.45, 7) is 0. The molecule has 2 aromatic carbocycles. The molecule has 0 heterocycles. The van der Waals surface area contributed by atoms with E-state index in [-0.39, 0.29) is 20.5 Å². The fourth-order valence-electron chi connectivity index (χ4n) is 1.56. The summed E-state index contributed by atoms with van der Waals surface area (Å²) < 4.78 is 24.2. The molecule has 2 rings (SSSR count). The van der Waals surface area contributed by atoms with Crippen molar-refractivity contribution in [2.45, 2.75) is 4.90 Å². The summed E-state index contributed by atoms with van der Waals surface area (Å²) >= 11 is 17.4. The molecule has 0 bridgehead atoms. The van der Waals surface area contributed by atoms with Crippen molar-refractivity contribution in [3.63, 3.8) is 0 Å². The lowest BCUT2D eigenvalue weighted by Crippen LogP contribution is -2.41. The summed E-state index contributed by atoms with van der Waals surface area (Å²) in [7, 11) is -4.06. The number of hydrogen-bond donors (Lipinski definition) is 2. The Morgan fingerprint density at radius 1 is 1.00 bits per heavy atom. The number of carbonyl (C=O) groups excluding carboxylic acids is 1. The number of sulfonamides is 1. The Morgan fingerprint density at radius 2 is 1.68 bits per heavy atom. The fraction of sp³-hybridized carbons (Fsp3) is 0. The molecule has 0 aliphatic heterocycles. The number of hydrogen-bond acceptors (Lipinski definition) is 3. The molecule has 5 nitrogen and oxygen atoms in total. The van der Waals surface area contributed by atoms with E-state index in [0.29, 0.717) is 5.02 Å². The van der Waals surface area contributed by atoms with E-state index in [2.05, 4.69) is 5.43 Å². The Hall–Kier alpha value is -1.31. The maximum absolute atomic E-state index is 12.1. The number of benzene rings is 2. The standard InChI is InChI=1S/C13H9Cl3N2O3S/c14-9-4-1-3-8(7-9)13(19)17-18-22(20,21)11-6-2-5-10(15)12(11)16/h1-7,18H,(H,17,19). The van der Waals surface area contributed by atoms with Gasteiger partial charge in [-0.25, -0.2) is 8.42 Å². The highest BCUT2D eigenvalue weighted by atomic mass is 35.5. The van der Waals surface area contributed by atoms with E-state index in [0.717, 1.165) is 0 Å². The molecule has 22 heavy (non-hydrogen) atoms. The number of rotatable bonds is 4. The summed E-state index contributed by atoms with van der Waals surface area (Å²) in [6, 6.07) is 10.2. The smallest absolute Gasteiger partial charge is 0.266 e. The lowest BCUT2D eigenvalue weighted by Gasteiger charge is -2.10. The first-order chi connectivity index (χ1) is 10.3. The molecule has 0 aromatic heterocycles. The monoisotopic (exact) mass is 378 g/mol. The molecule has 2 aromatic rings. The predicted octanol–water partition coefficient (Wildman–Crippen LogP) is 3.27. The third-order valence-electron chi connectivity index (χ3n) is 2.59. The minimum absolute atomic E-state index is 0.0886. The predicted molar refractivity (Wildman–Crippen MR) is 85.7 cm³/mol. The van der Waals surface area contributed by atoms with Gasteiger partial charge in [-0.1, -0.05) is 46.9 Å². The Kier molecular flexibility index (Phi) is 5.31. The van der Waals surface area contributed by atoms with Crippen LogP contribution in [0, 0.1) is 0 Å². The van der Waals surface area contributed by atoms with Gasteiger partial charge in [0.05, 0.1) is 10.0 Å². The first-order valence-corrected chi connectivity index (χ1v) is 8.45. The third-order valence-corrected chi connectivity index (χ3v) is 5.05. The minimum atomic E-state index is -4.06. The van der Waals surface area contributed by atoms with E-state index in [9.17, 15) is 13.2 Å². The van der Waals surface area contributed by atoms with Gasteiger partial charge in [0.25, 0.3) is 15.9 Å². The highest BCUT2D eigenvalue weighted by Crippen LogP contribution is 2.28. The van der Waals surface area contributed by atoms with Crippen LogP contribution in [0.3, 0.4) is 0 Å². The van der Waals surface area contributed by atoms with Crippen molar-refractivity contribution in [1.82, 2.24) is 10.3 Å². The number of amides is 1. The second kappa shape index (κ2) is 6.85. The lowest BCUT2D eigenvalue weighted by molar-refractivity contribution is 0.0945. The summed E-state index contributed by atoms with van der Waals surface area (Å²) in [5, 5.41) is 0.313. The molecule has 0 radical (unpaired) electrons. The molecule has 0 spiro atoms. The Bertz CT molecular complexity index is 825. The van der Waals surface area contributed by atoms with Gasteiger partial charge in [0.15, 0.2) is 0 Å². The zero-order valence-electron chi connectivity index (χ0n) is 10.8. The van der Waals surface area contributed by atoms with Crippen LogP contribution >= 0.6 is 34.8 Å². The largest absolute Gasteiger partial charge is 0.273 e. The quantitative estimate of drug-likeness (QED) is 0.801. The molecule has 116 valence electrons. The second-order valence-electron chi connectivity index (χ2n) is 4.12. The van der Waals surface area contributed by atoms with Gasteiger partial charge in [-0.2, -0.15) is 0 Å². The molecule has 0 saturated carbocycles. The highest BCUT2D eigenvalue weighted by Gasteiger charge is 2.20. The third kappa shape index (κ3) is 3.91. The van der Waals surface area contributed by atoms with Crippen LogP contribution in [0.5, 0.6) is 0 Å². The normalized spacial score (nSPS) is 11.2. The van der Waals surface area contributed by atoms with Crippen molar-refractivity contribution in [1.29, 1.82) is 0 Å². The zero-order valence-corrected chi connectivity index (χ0v) is 13.9. The van der Waals surface area contributed by atoms with Crippen LogP contribution in [-0.4, -0.2) is 14.3 Å². The molecule has 0 aliphatic rings. The molecule has 2 N–H and O–H groups in total. The van der Waals surface area contributed by atoms with Crippen LogP contribution in [0.25, 0.3) is 0 Å². The van der Waals surface area contributed by atoms with Crippen molar-refractivity contribution in [3.8, 4) is 0 Å². The van der Waals surface area contributed by atoms with Gasteiger partial charge in [0, 0.05) is 10.6 Å². The molecule has 0 atom stereocenters. The number of carbonyl (C=O) groups is 1. The van der Waals surface area contributed by atoms with Crippen LogP contribution in [0.1, 0.15) is 10.4 Å². The van der Waals surface area contributed by atoms with Gasteiger partial charge in [0.1, 0.15) is 4.90 Å². The number of nitrogens with one attached hydrogen (secondary N) is 2. The molecule has 1 amide bonds. The van der Waals surface area contributed by atoms with Crippen molar-refractivity contribution in [2.24, 2.45) is 0 Å². The Labute approximate surface area is 142 Å². The molecule has 0 aliphatic carbocycles. The van der Waals surface area contributed by atoms with Crippen molar-refractivity contribution < 1.29 is 13.2 Å². The average Bonchev–Trinajstić information content (AvgIpc) is 2.47. The Morgan fingerprint density at radius 3 is 2.36 bits per heavy atom. The first-order valence-electron chi connectivity index (χ1n) is 5.83.